The highest BCUT2D eigenvalue weighted by Crippen LogP contribution is 2.34. The number of imide groups is 1. The normalized spacial score (nSPS) is 26.5. The predicted octanol–water partition coefficient (Wildman–Crippen LogP) is -0.793. The summed E-state index contributed by atoms with van der Waals surface area (Å²) in [6, 6.07) is 3.76. The lowest BCUT2D eigenvalue weighted by Gasteiger charge is -2.39. The Morgan fingerprint density at radius 2 is 2.10 bits per heavy atom. The minimum absolute atomic E-state index is 0. The highest BCUT2D eigenvalue weighted by atomic mass is 79.9. The first kappa shape index (κ1) is 22.2. The summed E-state index contributed by atoms with van der Waals surface area (Å²) < 4.78 is 1.87. The van der Waals surface area contributed by atoms with Crippen molar-refractivity contribution in [2.45, 2.75) is 12.8 Å². The highest BCUT2D eigenvalue weighted by molar-refractivity contribution is 8.18. The SMILES string of the molecule is O=C(CN1C(=O)S/C(=C\c2cccs2)C1=O)N1CC2CC(C1)C1=[N+](C2)C(=O)CC=C1.[Br-]. The minimum Gasteiger partial charge on any atom is -1.00 e. The molecule has 0 aliphatic carbocycles. The summed E-state index contributed by atoms with van der Waals surface area (Å²) in [6.07, 6.45) is 6.97. The molecule has 2 unspecified atom stereocenters. The van der Waals surface area contributed by atoms with E-state index in [2.05, 4.69) is 0 Å². The molecule has 0 spiro atoms. The second-order valence-corrected chi connectivity index (χ2v) is 9.89. The summed E-state index contributed by atoms with van der Waals surface area (Å²) in [7, 11) is 0. The van der Waals surface area contributed by atoms with Crippen molar-refractivity contribution in [3.8, 4) is 0 Å². The van der Waals surface area contributed by atoms with Gasteiger partial charge in [-0.25, -0.2) is 4.79 Å². The lowest BCUT2D eigenvalue weighted by atomic mass is 9.81. The molecule has 1 aromatic rings. The number of likely N-dealkylation sites (tertiary alicyclic amines) is 1. The first-order chi connectivity index (χ1) is 14.5. The Morgan fingerprint density at radius 3 is 2.87 bits per heavy atom. The van der Waals surface area contributed by atoms with Crippen LogP contribution in [0, 0.1) is 11.8 Å². The lowest BCUT2D eigenvalue weighted by Crippen LogP contribution is -3.00. The predicted molar refractivity (Wildman–Crippen MR) is 114 cm³/mol. The zero-order valence-electron chi connectivity index (χ0n) is 16.5. The number of allylic oxidation sites excluding steroid dienone is 1. The molecule has 1 aromatic heterocycles. The molecule has 10 heteroatoms. The molecule has 0 saturated carbocycles. The number of nitrogens with zero attached hydrogens (tertiary/aromatic N) is 3. The van der Waals surface area contributed by atoms with Crippen LogP contribution < -0.4 is 17.0 Å². The van der Waals surface area contributed by atoms with Crippen molar-refractivity contribution in [1.29, 1.82) is 0 Å². The van der Waals surface area contributed by atoms with Crippen LogP contribution in [0.15, 0.2) is 34.6 Å². The molecule has 5 rings (SSSR count). The van der Waals surface area contributed by atoms with Gasteiger partial charge < -0.3 is 21.9 Å². The van der Waals surface area contributed by atoms with Crippen molar-refractivity contribution in [3.05, 3.63) is 39.4 Å². The van der Waals surface area contributed by atoms with Gasteiger partial charge in [-0.05, 0) is 35.7 Å². The molecular weight excluding hydrogens is 502 g/mol. The van der Waals surface area contributed by atoms with E-state index in [-0.39, 0.29) is 47.2 Å². The van der Waals surface area contributed by atoms with E-state index in [0.717, 1.165) is 33.7 Å². The fraction of sp³-hybridized carbons (Fsp3) is 0.381. The number of hydrogen-bond acceptors (Lipinski definition) is 6. The molecular formula is C21H20BrN3O4S2. The fourth-order valence-electron chi connectivity index (χ4n) is 4.57. The van der Waals surface area contributed by atoms with Gasteiger partial charge in [-0.1, -0.05) is 12.1 Å². The molecule has 2 bridgehead atoms. The molecule has 4 aliphatic heterocycles. The van der Waals surface area contributed by atoms with Gasteiger partial charge >= 0.3 is 5.91 Å². The Labute approximate surface area is 198 Å². The van der Waals surface area contributed by atoms with E-state index in [1.807, 2.05) is 34.2 Å². The molecule has 2 fully saturated rings. The van der Waals surface area contributed by atoms with Crippen LogP contribution in [0.2, 0.25) is 0 Å². The number of hydrogen-bond donors (Lipinski definition) is 0. The van der Waals surface area contributed by atoms with Crippen LogP contribution in [-0.4, -0.2) is 69.2 Å². The number of carbonyl (C=O) groups excluding carboxylic acids is 4. The molecule has 4 amide bonds. The van der Waals surface area contributed by atoms with Gasteiger partial charge in [0.15, 0.2) is 12.3 Å². The molecule has 5 heterocycles. The van der Waals surface area contributed by atoms with E-state index in [1.165, 1.54) is 11.3 Å². The van der Waals surface area contributed by atoms with Crippen LogP contribution in [-0.2, 0) is 14.4 Å². The molecule has 7 nitrogen and oxygen atoms in total. The summed E-state index contributed by atoms with van der Waals surface area (Å²) in [6.45, 7) is 1.46. The second kappa shape index (κ2) is 8.84. The Kier molecular flexibility index (Phi) is 6.32. The Hall–Kier alpha value is -2.04. The number of thiophene rings is 1. The van der Waals surface area contributed by atoms with Gasteiger partial charge in [-0.3, -0.25) is 19.3 Å². The van der Waals surface area contributed by atoms with Gasteiger partial charge in [0.1, 0.15) is 6.54 Å². The summed E-state index contributed by atoms with van der Waals surface area (Å²) in [5, 5.41) is 1.50. The number of thioether (sulfide) groups is 1. The first-order valence-electron chi connectivity index (χ1n) is 9.90. The van der Waals surface area contributed by atoms with Gasteiger partial charge in [-0.2, -0.15) is 4.58 Å². The molecule has 2 atom stereocenters. The van der Waals surface area contributed by atoms with Crippen molar-refractivity contribution in [1.82, 2.24) is 9.80 Å². The van der Waals surface area contributed by atoms with Crippen molar-refractivity contribution < 1.29 is 40.7 Å². The second-order valence-electron chi connectivity index (χ2n) is 7.92. The van der Waals surface area contributed by atoms with Gasteiger partial charge in [0, 0.05) is 30.0 Å². The minimum atomic E-state index is -0.412. The number of carbonyl (C=O) groups is 4. The molecule has 0 N–H and O–H groups in total. The summed E-state index contributed by atoms with van der Waals surface area (Å²) in [4.78, 5) is 54.3. The summed E-state index contributed by atoms with van der Waals surface area (Å²) in [5.41, 5.74) is 0.991. The van der Waals surface area contributed by atoms with Crippen LogP contribution in [0.3, 0.4) is 0 Å². The molecule has 31 heavy (non-hydrogen) atoms. The molecule has 0 aromatic carbocycles. The van der Waals surface area contributed by atoms with Crippen molar-refractivity contribution in [3.63, 3.8) is 0 Å². The Morgan fingerprint density at radius 1 is 1.26 bits per heavy atom. The van der Waals surface area contributed by atoms with E-state index in [0.29, 0.717) is 31.0 Å². The highest BCUT2D eigenvalue weighted by Gasteiger charge is 2.45. The van der Waals surface area contributed by atoms with Crippen molar-refractivity contribution >= 4 is 57.8 Å². The van der Waals surface area contributed by atoms with E-state index in [4.69, 9.17) is 0 Å². The monoisotopic (exact) mass is 521 g/mol. The first-order valence-corrected chi connectivity index (χ1v) is 11.6. The maximum Gasteiger partial charge on any atom is 0.390 e. The fourth-order valence-corrected chi connectivity index (χ4v) is 6.14. The van der Waals surface area contributed by atoms with Gasteiger partial charge in [0.25, 0.3) is 11.1 Å². The molecule has 162 valence electrons. The zero-order chi connectivity index (χ0) is 20.8. The lowest BCUT2D eigenvalue weighted by molar-refractivity contribution is -0.467. The maximum atomic E-state index is 13.0. The number of piperidine rings is 1. The van der Waals surface area contributed by atoms with E-state index in [9.17, 15) is 19.2 Å². The van der Waals surface area contributed by atoms with Crippen molar-refractivity contribution in [2.75, 3.05) is 26.2 Å². The standard InChI is InChI=1S/C21H20N3O4S2.BrH/c25-18-5-1-4-16-14-7-13(10-23(16)18)9-22(11-14)19(26)12-24-20(27)17(30-21(24)28)8-15-3-2-6-29-15;/h1-4,6,8,13-14H,5,7,9-12H2;1H/q+1;/p-1/b17-8-;. The van der Waals surface area contributed by atoms with E-state index in [1.54, 1.807) is 11.0 Å². The molecule has 4 aliphatic rings. The quantitative estimate of drug-likeness (QED) is 0.384. The summed E-state index contributed by atoms with van der Waals surface area (Å²) >= 11 is 2.36. The average Bonchev–Trinajstić information content (AvgIpc) is 3.33. The molecule has 2 saturated heterocycles. The van der Waals surface area contributed by atoms with Crippen LogP contribution in [0.5, 0.6) is 0 Å². The topological polar surface area (TPSA) is 77.8 Å². The Balaban J connectivity index is 0.00000231. The van der Waals surface area contributed by atoms with E-state index >= 15 is 0 Å². The number of rotatable bonds is 3. The van der Waals surface area contributed by atoms with Gasteiger partial charge in [0.05, 0.1) is 17.2 Å². The van der Waals surface area contributed by atoms with Gasteiger partial charge in [-0.15, -0.1) is 11.3 Å². The molecule has 0 radical (unpaired) electrons. The maximum absolute atomic E-state index is 13.0. The zero-order valence-corrected chi connectivity index (χ0v) is 19.7. The number of halogens is 1. The van der Waals surface area contributed by atoms with E-state index < -0.39 is 11.1 Å². The largest absolute Gasteiger partial charge is 1.00 e. The van der Waals surface area contributed by atoms with Crippen LogP contribution in [0.25, 0.3) is 6.08 Å². The number of fused-ring (bicyclic) bond motifs is 3. The third-order valence-electron chi connectivity index (χ3n) is 5.93. The van der Waals surface area contributed by atoms with Crippen LogP contribution in [0.4, 0.5) is 4.79 Å². The van der Waals surface area contributed by atoms with Crippen molar-refractivity contribution in [2.24, 2.45) is 11.8 Å². The van der Waals surface area contributed by atoms with Crippen LogP contribution in [0.1, 0.15) is 17.7 Å². The van der Waals surface area contributed by atoms with Gasteiger partial charge in [0.2, 0.25) is 5.91 Å². The Bertz CT molecular complexity index is 1050. The third-order valence-corrected chi connectivity index (χ3v) is 7.65. The number of amides is 4. The smallest absolute Gasteiger partial charge is 0.390 e. The average molecular weight is 522 g/mol. The summed E-state index contributed by atoms with van der Waals surface area (Å²) in [5.74, 6) is -0.164. The third kappa shape index (κ3) is 4.20. The van der Waals surface area contributed by atoms with Crippen LogP contribution >= 0.6 is 23.1 Å².